The second-order valence-electron chi connectivity index (χ2n) is 3.89. The Labute approximate surface area is 103 Å². The largest absolute Gasteiger partial charge is 0.497 e. The fourth-order valence-electron chi connectivity index (χ4n) is 1.35. The van der Waals surface area contributed by atoms with Crippen LogP contribution in [0.1, 0.15) is 5.56 Å². The minimum Gasteiger partial charge on any atom is -0.497 e. The van der Waals surface area contributed by atoms with Gasteiger partial charge in [0, 0.05) is 27.7 Å². The van der Waals surface area contributed by atoms with Crippen molar-refractivity contribution in [3.8, 4) is 5.75 Å². The van der Waals surface area contributed by atoms with Crippen LogP contribution < -0.4 is 4.74 Å². The first kappa shape index (κ1) is 14.0. The molecule has 0 N–H and O–H groups in total. The molecule has 0 heterocycles. The molecular formula is C11H18N2O3S. The van der Waals surface area contributed by atoms with Crippen molar-refractivity contribution >= 4 is 10.2 Å². The fraction of sp³-hybridized carbons (Fsp3) is 0.455. The average Bonchev–Trinajstić information content (AvgIpc) is 2.29. The van der Waals surface area contributed by atoms with Crippen LogP contribution in [0.4, 0.5) is 0 Å². The van der Waals surface area contributed by atoms with Crippen molar-refractivity contribution in [2.75, 3.05) is 28.3 Å². The number of nitrogens with zero attached hydrogens (tertiary/aromatic N) is 2. The van der Waals surface area contributed by atoms with Crippen LogP contribution in [0.5, 0.6) is 5.75 Å². The molecule has 0 saturated carbocycles. The second kappa shape index (κ2) is 5.48. The molecule has 0 saturated heterocycles. The molecule has 6 heteroatoms. The summed E-state index contributed by atoms with van der Waals surface area (Å²) in [6, 6.07) is 7.32. The van der Waals surface area contributed by atoms with Gasteiger partial charge in [-0.3, -0.25) is 0 Å². The molecule has 0 aromatic heterocycles. The van der Waals surface area contributed by atoms with E-state index in [4.69, 9.17) is 4.74 Å². The highest BCUT2D eigenvalue weighted by Crippen LogP contribution is 2.14. The minimum absolute atomic E-state index is 0.338. The summed E-state index contributed by atoms with van der Waals surface area (Å²) in [6.45, 7) is 0.338. The molecular weight excluding hydrogens is 240 g/mol. The maximum Gasteiger partial charge on any atom is 0.281 e. The van der Waals surface area contributed by atoms with Crippen molar-refractivity contribution in [1.29, 1.82) is 0 Å². The van der Waals surface area contributed by atoms with E-state index in [9.17, 15) is 8.42 Å². The highest BCUT2D eigenvalue weighted by atomic mass is 32.2. The predicted octanol–water partition coefficient (Wildman–Crippen LogP) is 0.933. The molecule has 0 unspecified atom stereocenters. The molecule has 0 atom stereocenters. The van der Waals surface area contributed by atoms with Gasteiger partial charge in [-0.15, -0.1) is 0 Å². The highest BCUT2D eigenvalue weighted by Gasteiger charge is 2.20. The molecule has 1 rings (SSSR count). The number of hydrogen-bond acceptors (Lipinski definition) is 3. The topological polar surface area (TPSA) is 49.9 Å². The Morgan fingerprint density at radius 3 is 2.06 bits per heavy atom. The summed E-state index contributed by atoms with van der Waals surface area (Å²) < 4.78 is 31.1. The normalized spacial score (nSPS) is 12.1. The summed E-state index contributed by atoms with van der Waals surface area (Å²) in [4.78, 5) is 0. The van der Waals surface area contributed by atoms with Gasteiger partial charge in [0.1, 0.15) is 5.75 Å². The molecule has 17 heavy (non-hydrogen) atoms. The molecule has 1 aromatic rings. The van der Waals surface area contributed by atoms with Gasteiger partial charge >= 0.3 is 0 Å². The van der Waals surface area contributed by atoms with Gasteiger partial charge in [-0.05, 0) is 17.7 Å². The molecule has 0 fully saturated rings. The third-order valence-electron chi connectivity index (χ3n) is 2.42. The zero-order valence-corrected chi connectivity index (χ0v) is 11.4. The standard InChI is InChI=1S/C11H18N2O3S/c1-12(2)17(14,15)13(3)9-10-5-7-11(16-4)8-6-10/h5-8H,9H2,1-4H3. The van der Waals surface area contributed by atoms with Gasteiger partial charge in [0.25, 0.3) is 10.2 Å². The molecule has 0 spiro atoms. The lowest BCUT2D eigenvalue weighted by Crippen LogP contribution is -2.36. The molecule has 0 bridgehead atoms. The van der Waals surface area contributed by atoms with E-state index >= 15 is 0 Å². The molecule has 0 radical (unpaired) electrons. The molecule has 1 aromatic carbocycles. The predicted molar refractivity (Wildman–Crippen MR) is 67.1 cm³/mol. The van der Waals surface area contributed by atoms with Crippen LogP contribution in [0.2, 0.25) is 0 Å². The van der Waals surface area contributed by atoms with Crippen molar-refractivity contribution < 1.29 is 13.2 Å². The lowest BCUT2D eigenvalue weighted by atomic mass is 10.2. The summed E-state index contributed by atoms with van der Waals surface area (Å²) in [5.41, 5.74) is 0.915. The molecule has 0 aliphatic rings. The highest BCUT2D eigenvalue weighted by molar-refractivity contribution is 7.86. The van der Waals surface area contributed by atoms with Crippen molar-refractivity contribution in [3.05, 3.63) is 29.8 Å². The van der Waals surface area contributed by atoms with E-state index in [1.54, 1.807) is 14.2 Å². The summed E-state index contributed by atoms with van der Waals surface area (Å²) in [7, 11) is 2.82. The smallest absolute Gasteiger partial charge is 0.281 e. The Morgan fingerprint density at radius 1 is 1.12 bits per heavy atom. The molecule has 0 amide bonds. The van der Waals surface area contributed by atoms with Crippen LogP contribution >= 0.6 is 0 Å². The zero-order chi connectivity index (χ0) is 13.1. The van der Waals surface area contributed by atoms with Crippen molar-refractivity contribution in [3.63, 3.8) is 0 Å². The molecule has 0 aliphatic heterocycles. The Hall–Kier alpha value is -1.11. The number of ether oxygens (including phenoxy) is 1. The van der Waals surface area contributed by atoms with Crippen LogP contribution in [0.3, 0.4) is 0 Å². The zero-order valence-electron chi connectivity index (χ0n) is 10.5. The van der Waals surface area contributed by atoms with Gasteiger partial charge in [-0.25, -0.2) is 0 Å². The minimum atomic E-state index is -3.36. The number of methoxy groups -OCH3 is 1. The van der Waals surface area contributed by atoms with Crippen molar-refractivity contribution in [2.45, 2.75) is 6.54 Å². The van der Waals surface area contributed by atoms with Gasteiger partial charge in [0.15, 0.2) is 0 Å². The van der Waals surface area contributed by atoms with Crippen LogP contribution in [0, 0.1) is 0 Å². The summed E-state index contributed by atoms with van der Waals surface area (Å²) in [5, 5.41) is 0. The van der Waals surface area contributed by atoms with Gasteiger partial charge in [0.2, 0.25) is 0 Å². The van der Waals surface area contributed by atoms with E-state index in [1.165, 1.54) is 22.7 Å². The summed E-state index contributed by atoms with van der Waals surface area (Å²) >= 11 is 0. The first-order valence-electron chi connectivity index (χ1n) is 5.14. The molecule has 5 nitrogen and oxygen atoms in total. The lowest BCUT2D eigenvalue weighted by molar-refractivity contribution is 0.410. The van der Waals surface area contributed by atoms with Gasteiger partial charge in [0.05, 0.1) is 7.11 Å². The summed E-state index contributed by atoms with van der Waals surface area (Å²) in [5.74, 6) is 0.756. The molecule has 0 aliphatic carbocycles. The van der Waals surface area contributed by atoms with Gasteiger partial charge in [-0.1, -0.05) is 12.1 Å². The van der Waals surface area contributed by atoms with E-state index in [0.717, 1.165) is 11.3 Å². The maximum absolute atomic E-state index is 11.8. The van der Waals surface area contributed by atoms with E-state index in [-0.39, 0.29) is 0 Å². The number of benzene rings is 1. The Kier molecular flexibility index (Phi) is 4.50. The van der Waals surface area contributed by atoms with Crippen molar-refractivity contribution in [1.82, 2.24) is 8.61 Å². The van der Waals surface area contributed by atoms with E-state index in [0.29, 0.717) is 6.54 Å². The quantitative estimate of drug-likeness (QED) is 0.789. The van der Waals surface area contributed by atoms with Gasteiger partial charge < -0.3 is 4.74 Å². The second-order valence-corrected chi connectivity index (χ2v) is 6.14. The van der Waals surface area contributed by atoms with E-state index < -0.39 is 10.2 Å². The Bertz CT molecular complexity index is 454. The SMILES string of the molecule is COc1ccc(CN(C)S(=O)(=O)N(C)C)cc1. The number of rotatable bonds is 5. The Balaban J connectivity index is 2.78. The monoisotopic (exact) mass is 258 g/mol. The van der Waals surface area contributed by atoms with Crippen molar-refractivity contribution in [2.24, 2.45) is 0 Å². The average molecular weight is 258 g/mol. The first-order chi connectivity index (χ1) is 7.87. The fourth-order valence-corrected chi connectivity index (χ4v) is 2.22. The third-order valence-corrected chi connectivity index (χ3v) is 4.26. The van der Waals surface area contributed by atoms with Gasteiger partial charge in [-0.2, -0.15) is 17.0 Å². The van der Waals surface area contributed by atoms with E-state index in [2.05, 4.69) is 0 Å². The number of hydrogen-bond donors (Lipinski definition) is 0. The van der Waals surface area contributed by atoms with Crippen LogP contribution in [0.15, 0.2) is 24.3 Å². The lowest BCUT2D eigenvalue weighted by Gasteiger charge is -2.21. The third kappa shape index (κ3) is 3.42. The van der Waals surface area contributed by atoms with Crippen LogP contribution in [0.25, 0.3) is 0 Å². The summed E-state index contributed by atoms with van der Waals surface area (Å²) in [6.07, 6.45) is 0. The maximum atomic E-state index is 11.8. The first-order valence-corrected chi connectivity index (χ1v) is 6.54. The Morgan fingerprint density at radius 2 is 1.65 bits per heavy atom. The van der Waals surface area contributed by atoms with Crippen LogP contribution in [-0.4, -0.2) is 45.3 Å². The molecule has 96 valence electrons. The van der Waals surface area contributed by atoms with E-state index in [1.807, 2.05) is 24.3 Å². The van der Waals surface area contributed by atoms with Crippen LogP contribution in [-0.2, 0) is 16.8 Å².